The van der Waals surface area contributed by atoms with Gasteiger partial charge in [0, 0.05) is 5.69 Å². The highest BCUT2D eigenvalue weighted by atomic mass is 19.4. The Labute approximate surface area is 158 Å². The van der Waals surface area contributed by atoms with Gasteiger partial charge < -0.3 is 14.8 Å². The van der Waals surface area contributed by atoms with E-state index >= 15 is 0 Å². The van der Waals surface area contributed by atoms with Crippen molar-refractivity contribution in [2.24, 2.45) is 0 Å². The third-order valence-electron chi connectivity index (χ3n) is 3.46. The number of hydrogen-bond acceptors (Lipinski definition) is 5. The van der Waals surface area contributed by atoms with Gasteiger partial charge in [-0.2, -0.15) is 13.2 Å². The van der Waals surface area contributed by atoms with Crippen LogP contribution in [0.5, 0.6) is 0 Å². The summed E-state index contributed by atoms with van der Waals surface area (Å²) in [5.41, 5.74) is -0.329. The molecule has 2 aromatic carbocycles. The van der Waals surface area contributed by atoms with Crippen molar-refractivity contribution in [1.82, 2.24) is 0 Å². The Morgan fingerprint density at radius 1 is 0.857 bits per heavy atom. The fraction of sp³-hybridized carbons (Fsp3) is 0.211. The van der Waals surface area contributed by atoms with E-state index < -0.39 is 36.2 Å². The molecule has 0 aliphatic carbocycles. The third-order valence-corrected chi connectivity index (χ3v) is 3.46. The second-order valence-electron chi connectivity index (χ2n) is 5.50. The molecule has 0 radical (unpaired) electrons. The van der Waals surface area contributed by atoms with Gasteiger partial charge in [-0.1, -0.05) is 0 Å². The first kappa shape index (κ1) is 20.9. The first-order valence-corrected chi connectivity index (χ1v) is 8.12. The topological polar surface area (TPSA) is 81.7 Å². The van der Waals surface area contributed by atoms with Gasteiger partial charge in [0.15, 0.2) is 6.61 Å². The molecule has 6 nitrogen and oxygen atoms in total. The van der Waals surface area contributed by atoms with Gasteiger partial charge in [0.25, 0.3) is 5.91 Å². The molecule has 2 aromatic rings. The number of alkyl halides is 3. The van der Waals surface area contributed by atoms with Crippen molar-refractivity contribution < 1.29 is 37.0 Å². The normalized spacial score (nSPS) is 10.9. The number of benzene rings is 2. The molecule has 9 heteroatoms. The van der Waals surface area contributed by atoms with Crippen LogP contribution >= 0.6 is 0 Å². The Kier molecular flexibility index (Phi) is 6.75. The van der Waals surface area contributed by atoms with E-state index in [0.717, 1.165) is 24.3 Å². The highest BCUT2D eigenvalue weighted by Crippen LogP contribution is 2.29. The Bertz CT molecular complexity index is 845. The van der Waals surface area contributed by atoms with E-state index in [0.29, 0.717) is 11.3 Å². The molecule has 28 heavy (non-hydrogen) atoms. The fourth-order valence-corrected chi connectivity index (χ4v) is 2.11. The van der Waals surface area contributed by atoms with E-state index in [4.69, 9.17) is 9.47 Å². The van der Waals surface area contributed by atoms with Crippen molar-refractivity contribution >= 4 is 23.5 Å². The van der Waals surface area contributed by atoms with Gasteiger partial charge in [-0.05, 0) is 55.5 Å². The molecule has 148 valence electrons. The van der Waals surface area contributed by atoms with Gasteiger partial charge in [0.1, 0.15) is 0 Å². The average Bonchev–Trinajstić information content (AvgIpc) is 2.66. The summed E-state index contributed by atoms with van der Waals surface area (Å²) in [6.07, 6.45) is -4.51. The molecule has 1 amide bonds. The quantitative estimate of drug-likeness (QED) is 0.755. The Hall–Kier alpha value is -3.36. The van der Waals surface area contributed by atoms with Crippen LogP contribution in [0.1, 0.15) is 33.2 Å². The molecule has 0 spiro atoms. The van der Waals surface area contributed by atoms with Crippen molar-refractivity contribution in [2.75, 3.05) is 18.5 Å². The van der Waals surface area contributed by atoms with Gasteiger partial charge in [0.05, 0.1) is 23.3 Å². The summed E-state index contributed by atoms with van der Waals surface area (Å²) in [5.74, 6) is -2.07. The maximum atomic E-state index is 12.5. The molecular weight excluding hydrogens is 379 g/mol. The monoisotopic (exact) mass is 395 g/mol. The largest absolute Gasteiger partial charge is 0.462 e. The predicted octanol–water partition coefficient (Wildman–Crippen LogP) is 3.68. The van der Waals surface area contributed by atoms with Crippen molar-refractivity contribution in [1.29, 1.82) is 0 Å². The van der Waals surface area contributed by atoms with E-state index in [1.54, 1.807) is 6.92 Å². The molecule has 0 saturated carbocycles. The molecule has 0 bridgehead atoms. The number of halogens is 3. The number of rotatable bonds is 6. The standard InChI is InChI=1S/C19H16F3NO5/c1-2-27-17(25)13-5-9-15(10-6-13)23-16(24)11-28-18(26)12-3-7-14(8-4-12)19(20,21)22/h3-10H,2,11H2,1H3,(H,23,24). The molecule has 1 N–H and O–H groups in total. The van der Waals surface area contributed by atoms with Gasteiger partial charge in [-0.3, -0.25) is 4.79 Å². The van der Waals surface area contributed by atoms with E-state index in [2.05, 4.69) is 5.32 Å². The Morgan fingerprint density at radius 2 is 1.36 bits per heavy atom. The SMILES string of the molecule is CCOC(=O)c1ccc(NC(=O)COC(=O)c2ccc(C(F)(F)F)cc2)cc1. The second kappa shape index (κ2) is 9.03. The van der Waals surface area contributed by atoms with E-state index in [1.807, 2.05) is 0 Å². The van der Waals surface area contributed by atoms with Crippen molar-refractivity contribution in [3.63, 3.8) is 0 Å². The van der Waals surface area contributed by atoms with Crippen LogP contribution in [0.4, 0.5) is 18.9 Å². The molecule has 0 aromatic heterocycles. The first-order chi connectivity index (χ1) is 13.2. The summed E-state index contributed by atoms with van der Waals surface area (Å²) in [6.45, 7) is 1.29. The first-order valence-electron chi connectivity index (χ1n) is 8.12. The van der Waals surface area contributed by atoms with Gasteiger partial charge in [0.2, 0.25) is 0 Å². The minimum atomic E-state index is -4.51. The number of carbonyl (C=O) groups is 3. The molecule has 0 atom stereocenters. The summed E-state index contributed by atoms with van der Waals surface area (Å²) in [4.78, 5) is 35.2. The van der Waals surface area contributed by atoms with Crippen LogP contribution in [0.25, 0.3) is 0 Å². The molecule has 0 unspecified atom stereocenters. The number of esters is 2. The Morgan fingerprint density at radius 3 is 1.86 bits per heavy atom. The lowest BCUT2D eigenvalue weighted by molar-refractivity contribution is -0.137. The van der Waals surface area contributed by atoms with Crippen LogP contribution in [0.2, 0.25) is 0 Å². The average molecular weight is 395 g/mol. The molecule has 2 rings (SSSR count). The smallest absolute Gasteiger partial charge is 0.416 e. The third kappa shape index (κ3) is 5.83. The van der Waals surface area contributed by atoms with Crippen LogP contribution in [-0.2, 0) is 20.4 Å². The number of ether oxygens (including phenoxy) is 2. The van der Waals surface area contributed by atoms with Crippen LogP contribution in [0.15, 0.2) is 48.5 Å². The fourth-order valence-electron chi connectivity index (χ4n) is 2.11. The van der Waals surface area contributed by atoms with Gasteiger partial charge in [-0.15, -0.1) is 0 Å². The van der Waals surface area contributed by atoms with E-state index in [-0.39, 0.29) is 12.2 Å². The molecule has 0 saturated heterocycles. The number of amides is 1. The number of hydrogen-bond donors (Lipinski definition) is 1. The highest BCUT2D eigenvalue weighted by Gasteiger charge is 2.30. The minimum Gasteiger partial charge on any atom is -0.462 e. The predicted molar refractivity (Wildman–Crippen MR) is 92.8 cm³/mol. The van der Waals surface area contributed by atoms with Crippen LogP contribution in [-0.4, -0.2) is 31.1 Å². The zero-order chi connectivity index (χ0) is 20.7. The maximum absolute atomic E-state index is 12.5. The summed E-state index contributed by atoms with van der Waals surface area (Å²) in [6, 6.07) is 9.31. The lowest BCUT2D eigenvalue weighted by Gasteiger charge is -2.09. The van der Waals surface area contributed by atoms with Gasteiger partial charge in [-0.25, -0.2) is 9.59 Å². The second-order valence-corrected chi connectivity index (χ2v) is 5.50. The Balaban J connectivity index is 1.86. The molecular formula is C19H16F3NO5. The molecule has 0 heterocycles. The highest BCUT2D eigenvalue weighted by molar-refractivity contribution is 5.96. The minimum absolute atomic E-state index is 0.111. The zero-order valence-electron chi connectivity index (χ0n) is 14.7. The number of anilines is 1. The number of carbonyl (C=O) groups excluding carboxylic acids is 3. The van der Waals surface area contributed by atoms with E-state index in [9.17, 15) is 27.6 Å². The van der Waals surface area contributed by atoms with Crippen molar-refractivity contribution in [3.05, 3.63) is 65.2 Å². The summed E-state index contributed by atoms with van der Waals surface area (Å²) < 4.78 is 47.1. The lowest BCUT2D eigenvalue weighted by atomic mass is 10.1. The zero-order valence-corrected chi connectivity index (χ0v) is 14.7. The molecule has 0 aliphatic heterocycles. The summed E-state index contributed by atoms with van der Waals surface area (Å²) in [5, 5.41) is 2.46. The van der Waals surface area contributed by atoms with Crippen molar-refractivity contribution in [3.8, 4) is 0 Å². The van der Waals surface area contributed by atoms with Crippen LogP contribution in [0, 0.1) is 0 Å². The van der Waals surface area contributed by atoms with E-state index in [1.165, 1.54) is 24.3 Å². The van der Waals surface area contributed by atoms with Crippen LogP contribution < -0.4 is 5.32 Å². The van der Waals surface area contributed by atoms with Crippen LogP contribution in [0.3, 0.4) is 0 Å². The molecule has 0 fully saturated rings. The summed E-state index contributed by atoms with van der Waals surface area (Å²) >= 11 is 0. The molecule has 0 aliphatic rings. The lowest BCUT2D eigenvalue weighted by Crippen LogP contribution is -2.21. The number of nitrogens with one attached hydrogen (secondary N) is 1. The summed E-state index contributed by atoms with van der Waals surface area (Å²) in [7, 11) is 0. The maximum Gasteiger partial charge on any atom is 0.416 e. The van der Waals surface area contributed by atoms with Crippen molar-refractivity contribution in [2.45, 2.75) is 13.1 Å². The van der Waals surface area contributed by atoms with Gasteiger partial charge >= 0.3 is 18.1 Å².